The summed E-state index contributed by atoms with van der Waals surface area (Å²) in [4.78, 5) is 29.6. The van der Waals surface area contributed by atoms with Crippen LogP contribution in [0.3, 0.4) is 0 Å². The van der Waals surface area contributed by atoms with Gasteiger partial charge in [0.25, 0.3) is 10.0 Å². The average Bonchev–Trinajstić information content (AvgIpc) is 2.99. The number of hydrogen-bond donors (Lipinski definition) is 1. The number of halogens is 3. The summed E-state index contributed by atoms with van der Waals surface area (Å²) in [6.45, 7) is 6.50. The number of nitrogens with zero attached hydrogens (tertiary/aromatic N) is 2. The zero-order valence-corrected chi connectivity index (χ0v) is 28.3. The molecule has 1 atom stereocenters. The maximum absolute atomic E-state index is 14.5. The smallest absolute Gasteiger partial charge is 0.264 e. The molecule has 4 rings (SSSR count). The molecule has 7 nitrogen and oxygen atoms in total. The van der Waals surface area contributed by atoms with Gasteiger partial charge in [-0.1, -0.05) is 77.3 Å². The van der Waals surface area contributed by atoms with Crippen LogP contribution < -0.4 is 9.62 Å². The Labute approximate surface area is 280 Å². The number of sulfonamides is 1. The number of carbonyl (C=O) groups is 2. The summed E-state index contributed by atoms with van der Waals surface area (Å²) in [6.07, 6.45) is 0.131. The van der Waals surface area contributed by atoms with Gasteiger partial charge in [0.15, 0.2) is 0 Å². The molecule has 0 aromatic heterocycles. The SMILES string of the molecule is Cc1ccc(N(CC(=O)N(Cc2c(Cl)cccc2Cl)[C@@H](Cc2ccccc2)C(=O)NC(C)(C)C)S(=O)(=O)c2ccc(F)cc2)cc1. The summed E-state index contributed by atoms with van der Waals surface area (Å²) >= 11 is 13.1. The van der Waals surface area contributed by atoms with E-state index in [4.69, 9.17) is 23.2 Å². The Balaban J connectivity index is 1.85. The van der Waals surface area contributed by atoms with Crippen molar-refractivity contribution in [3.63, 3.8) is 0 Å². The standard InChI is InChI=1S/C35H36Cl2FN3O4S/c1-24-13-17-27(18-14-24)41(46(44,45)28-19-15-26(38)16-20-28)23-33(42)40(22-29-30(36)11-8-12-31(29)37)32(34(43)39-35(2,3)4)21-25-9-6-5-7-10-25/h5-20,32H,21-23H2,1-4H3,(H,39,43)/t32-/m0/s1. The molecular weight excluding hydrogens is 648 g/mol. The van der Waals surface area contributed by atoms with Crippen molar-refractivity contribution in [1.29, 1.82) is 0 Å². The van der Waals surface area contributed by atoms with E-state index in [1.54, 1.807) is 42.5 Å². The summed E-state index contributed by atoms with van der Waals surface area (Å²) in [5, 5.41) is 3.55. The molecule has 0 heterocycles. The van der Waals surface area contributed by atoms with Crippen molar-refractivity contribution in [2.75, 3.05) is 10.8 Å². The number of anilines is 1. The Bertz CT molecular complexity index is 1760. The van der Waals surface area contributed by atoms with Crippen molar-refractivity contribution >= 4 is 50.7 Å². The highest BCUT2D eigenvalue weighted by molar-refractivity contribution is 7.92. The highest BCUT2D eigenvalue weighted by atomic mass is 35.5. The summed E-state index contributed by atoms with van der Waals surface area (Å²) in [5.74, 6) is -1.71. The van der Waals surface area contributed by atoms with Crippen LogP contribution >= 0.6 is 23.2 Å². The van der Waals surface area contributed by atoms with Gasteiger partial charge in [-0.25, -0.2) is 12.8 Å². The number of carbonyl (C=O) groups excluding carboxylic acids is 2. The fraction of sp³-hybridized carbons (Fsp3) is 0.257. The first-order valence-electron chi connectivity index (χ1n) is 14.6. The largest absolute Gasteiger partial charge is 0.350 e. The maximum atomic E-state index is 14.5. The van der Waals surface area contributed by atoms with Crippen LogP contribution in [0.25, 0.3) is 0 Å². The molecule has 0 saturated carbocycles. The Morgan fingerprint density at radius 2 is 1.43 bits per heavy atom. The molecule has 0 spiro atoms. The summed E-state index contributed by atoms with van der Waals surface area (Å²) in [7, 11) is -4.37. The first kappa shape index (κ1) is 34.9. The third-order valence-electron chi connectivity index (χ3n) is 7.16. The molecule has 0 aliphatic carbocycles. The first-order chi connectivity index (χ1) is 21.7. The van der Waals surface area contributed by atoms with Crippen molar-refractivity contribution in [2.24, 2.45) is 0 Å². The van der Waals surface area contributed by atoms with Gasteiger partial charge < -0.3 is 10.2 Å². The van der Waals surface area contributed by atoms with E-state index in [0.29, 0.717) is 5.56 Å². The monoisotopic (exact) mass is 683 g/mol. The molecule has 4 aromatic carbocycles. The molecule has 0 aliphatic rings. The summed E-state index contributed by atoms with van der Waals surface area (Å²) in [5.41, 5.74) is 1.66. The van der Waals surface area contributed by atoms with Crippen molar-refractivity contribution in [2.45, 2.75) is 57.1 Å². The molecule has 0 fully saturated rings. The fourth-order valence-electron chi connectivity index (χ4n) is 4.83. The molecule has 2 amide bonds. The normalized spacial score (nSPS) is 12.3. The molecule has 0 saturated heterocycles. The Morgan fingerprint density at radius 3 is 2.00 bits per heavy atom. The van der Waals surface area contributed by atoms with E-state index in [0.717, 1.165) is 39.7 Å². The summed E-state index contributed by atoms with van der Waals surface area (Å²) < 4.78 is 42.8. The second-order valence-electron chi connectivity index (χ2n) is 12.0. The van der Waals surface area contributed by atoms with Crippen LogP contribution in [0.2, 0.25) is 10.0 Å². The minimum Gasteiger partial charge on any atom is -0.350 e. The number of hydrogen-bond acceptors (Lipinski definition) is 4. The number of nitrogens with one attached hydrogen (secondary N) is 1. The van der Waals surface area contributed by atoms with E-state index in [2.05, 4.69) is 5.32 Å². The minimum atomic E-state index is -4.37. The van der Waals surface area contributed by atoms with Crippen LogP contribution in [-0.4, -0.2) is 43.3 Å². The van der Waals surface area contributed by atoms with E-state index in [9.17, 15) is 22.4 Å². The number of benzene rings is 4. The second-order valence-corrected chi connectivity index (χ2v) is 14.6. The Morgan fingerprint density at radius 1 is 0.848 bits per heavy atom. The van der Waals surface area contributed by atoms with E-state index in [1.807, 2.05) is 58.0 Å². The van der Waals surface area contributed by atoms with E-state index < -0.39 is 45.8 Å². The van der Waals surface area contributed by atoms with Crippen LogP contribution in [0, 0.1) is 12.7 Å². The van der Waals surface area contributed by atoms with Gasteiger partial charge in [-0.2, -0.15) is 0 Å². The molecule has 0 radical (unpaired) electrons. The van der Waals surface area contributed by atoms with Gasteiger partial charge in [0.2, 0.25) is 11.8 Å². The van der Waals surface area contributed by atoms with Gasteiger partial charge in [0, 0.05) is 34.1 Å². The van der Waals surface area contributed by atoms with E-state index in [1.165, 1.54) is 4.90 Å². The molecule has 0 bridgehead atoms. The fourth-order valence-corrected chi connectivity index (χ4v) is 6.77. The van der Waals surface area contributed by atoms with Crippen molar-refractivity contribution in [1.82, 2.24) is 10.2 Å². The molecule has 242 valence electrons. The van der Waals surface area contributed by atoms with E-state index >= 15 is 0 Å². The van der Waals surface area contributed by atoms with E-state index in [-0.39, 0.29) is 33.6 Å². The molecule has 46 heavy (non-hydrogen) atoms. The Hall–Kier alpha value is -3.92. The maximum Gasteiger partial charge on any atom is 0.264 e. The lowest BCUT2D eigenvalue weighted by molar-refractivity contribution is -0.140. The van der Waals surface area contributed by atoms with Crippen LogP contribution in [-0.2, 0) is 32.6 Å². The van der Waals surface area contributed by atoms with Gasteiger partial charge in [-0.15, -0.1) is 0 Å². The predicted octanol–water partition coefficient (Wildman–Crippen LogP) is 7.19. The minimum absolute atomic E-state index is 0.131. The van der Waals surface area contributed by atoms with Gasteiger partial charge in [0.1, 0.15) is 18.4 Å². The molecular formula is C35H36Cl2FN3O4S. The van der Waals surface area contributed by atoms with Crippen molar-refractivity contribution in [3.8, 4) is 0 Å². The summed E-state index contributed by atoms with van der Waals surface area (Å²) in [6, 6.07) is 24.1. The molecule has 0 unspecified atom stereocenters. The van der Waals surface area contributed by atoms with Crippen LogP contribution in [0.4, 0.5) is 10.1 Å². The second kappa shape index (κ2) is 14.7. The topological polar surface area (TPSA) is 86.8 Å². The van der Waals surface area contributed by atoms with Gasteiger partial charge in [-0.05, 0) is 81.8 Å². The van der Waals surface area contributed by atoms with Crippen LogP contribution in [0.15, 0.2) is 102 Å². The lowest BCUT2D eigenvalue weighted by Gasteiger charge is -2.35. The average molecular weight is 685 g/mol. The van der Waals surface area contributed by atoms with Gasteiger partial charge in [0.05, 0.1) is 10.6 Å². The number of amides is 2. The van der Waals surface area contributed by atoms with Gasteiger partial charge >= 0.3 is 0 Å². The third kappa shape index (κ3) is 8.87. The van der Waals surface area contributed by atoms with Crippen LogP contribution in [0.5, 0.6) is 0 Å². The third-order valence-corrected chi connectivity index (χ3v) is 9.66. The van der Waals surface area contributed by atoms with Crippen LogP contribution in [0.1, 0.15) is 37.5 Å². The van der Waals surface area contributed by atoms with Gasteiger partial charge in [-0.3, -0.25) is 13.9 Å². The van der Waals surface area contributed by atoms with Crippen molar-refractivity contribution in [3.05, 3.63) is 130 Å². The first-order valence-corrected chi connectivity index (χ1v) is 16.8. The number of rotatable bonds is 11. The molecule has 4 aromatic rings. The molecule has 11 heteroatoms. The lowest BCUT2D eigenvalue weighted by atomic mass is 10.0. The lowest BCUT2D eigenvalue weighted by Crippen LogP contribution is -2.56. The predicted molar refractivity (Wildman–Crippen MR) is 181 cm³/mol. The highest BCUT2D eigenvalue weighted by Gasteiger charge is 2.36. The zero-order chi connectivity index (χ0) is 33.6. The molecule has 1 N–H and O–H groups in total. The molecule has 0 aliphatic heterocycles. The quantitative estimate of drug-likeness (QED) is 0.181. The van der Waals surface area contributed by atoms with Crippen molar-refractivity contribution < 1.29 is 22.4 Å². The zero-order valence-electron chi connectivity index (χ0n) is 26.0. The highest BCUT2D eigenvalue weighted by Crippen LogP contribution is 2.29. The number of aryl methyl sites for hydroxylation is 1. The Kier molecular flexibility index (Phi) is 11.1.